The van der Waals surface area contributed by atoms with Crippen LogP contribution in [0.4, 0.5) is 0 Å². The molecule has 1 aromatic heterocycles. The number of ether oxygens (including phenoxy) is 2. The van der Waals surface area contributed by atoms with E-state index in [4.69, 9.17) is 13.9 Å². The fourth-order valence-electron chi connectivity index (χ4n) is 2.84. The highest BCUT2D eigenvalue weighted by Gasteiger charge is 2.43. The smallest absolute Gasteiger partial charge is 0.336 e. The SMILES string of the molecule is CC(C)=CC(=O)OC(C)(CO)C1Cc2cc3ccc(=O)oc3cc2O1. The van der Waals surface area contributed by atoms with Crippen LogP contribution in [0, 0.1) is 0 Å². The number of aliphatic hydroxyl groups excluding tert-OH is 1. The van der Waals surface area contributed by atoms with Crippen molar-refractivity contribution in [1.82, 2.24) is 0 Å². The molecular weight excluding hydrogens is 324 g/mol. The van der Waals surface area contributed by atoms with E-state index in [1.807, 2.05) is 6.07 Å². The molecule has 2 aromatic rings. The van der Waals surface area contributed by atoms with Gasteiger partial charge in [0, 0.05) is 30.0 Å². The Kier molecular flexibility index (Phi) is 4.39. The van der Waals surface area contributed by atoms with Crippen LogP contribution in [0.1, 0.15) is 26.3 Å². The lowest BCUT2D eigenvalue weighted by molar-refractivity contribution is -0.167. The van der Waals surface area contributed by atoms with Crippen molar-refractivity contribution in [2.45, 2.75) is 38.9 Å². The highest BCUT2D eigenvalue weighted by atomic mass is 16.6. The van der Waals surface area contributed by atoms with Crippen LogP contribution >= 0.6 is 0 Å². The van der Waals surface area contributed by atoms with E-state index in [2.05, 4.69) is 0 Å². The standard InChI is InChI=1S/C19H20O6/c1-11(2)6-18(22)25-19(3,10-20)16-8-13-7-12-4-5-17(21)24-14(12)9-15(13)23-16/h4-7,9,16,20H,8,10H2,1-3H3. The maximum Gasteiger partial charge on any atom is 0.336 e. The monoisotopic (exact) mass is 344 g/mol. The van der Waals surface area contributed by atoms with E-state index in [-0.39, 0.29) is 6.61 Å². The number of fused-ring (bicyclic) bond motifs is 2. The number of hydrogen-bond acceptors (Lipinski definition) is 6. The van der Waals surface area contributed by atoms with E-state index in [0.717, 1.165) is 16.5 Å². The number of carbonyl (C=O) groups excluding carboxylic acids is 1. The Hall–Kier alpha value is -2.60. The zero-order chi connectivity index (χ0) is 18.2. The Morgan fingerprint density at radius 2 is 2.16 bits per heavy atom. The quantitative estimate of drug-likeness (QED) is 0.521. The summed E-state index contributed by atoms with van der Waals surface area (Å²) in [6, 6.07) is 6.58. The second-order valence-corrected chi connectivity index (χ2v) is 6.68. The molecule has 132 valence electrons. The van der Waals surface area contributed by atoms with E-state index in [0.29, 0.717) is 17.8 Å². The molecule has 2 unspecified atom stereocenters. The Labute approximate surface area is 144 Å². The van der Waals surface area contributed by atoms with E-state index in [9.17, 15) is 14.7 Å². The number of carbonyl (C=O) groups is 1. The zero-order valence-corrected chi connectivity index (χ0v) is 14.4. The van der Waals surface area contributed by atoms with Gasteiger partial charge in [0.15, 0.2) is 5.60 Å². The lowest BCUT2D eigenvalue weighted by atomic mass is 9.95. The van der Waals surface area contributed by atoms with Gasteiger partial charge in [0.2, 0.25) is 0 Å². The van der Waals surface area contributed by atoms with Crippen LogP contribution in [0.5, 0.6) is 5.75 Å². The average Bonchev–Trinajstić information content (AvgIpc) is 2.95. The molecule has 3 rings (SSSR count). The van der Waals surface area contributed by atoms with Crippen LogP contribution < -0.4 is 10.4 Å². The molecule has 0 saturated heterocycles. The van der Waals surface area contributed by atoms with Gasteiger partial charge in [-0.2, -0.15) is 0 Å². The highest BCUT2D eigenvalue weighted by molar-refractivity contribution is 5.83. The van der Waals surface area contributed by atoms with Gasteiger partial charge in [-0.15, -0.1) is 0 Å². The molecule has 6 heteroatoms. The molecule has 0 fully saturated rings. The van der Waals surface area contributed by atoms with Gasteiger partial charge >= 0.3 is 11.6 Å². The van der Waals surface area contributed by atoms with Gasteiger partial charge in [-0.1, -0.05) is 5.57 Å². The van der Waals surface area contributed by atoms with Gasteiger partial charge in [0.05, 0.1) is 6.61 Å². The summed E-state index contributed by atoms with van der Waals surface area (Å²) < 4.78 is 16.5. The molecule has 1 aliphatic heterocycles. The summed E-state index contributed by atoms with van der Waals surface area (Å²) in [4.78, 5) is 23.3. The molecule has 0 spiro atoms. The molecule has 1 N–H and O–H groups in total. The maximum absolute atomic E-state index is 12.0. The highest BCUT2D eigenvalue weighted by Crippen LogP contribution is 2.37. The van der Waals surface area contributed by atoms with Crippen molar-refractivity contribution in [3.63, 3.8) is 0 Å². The third-order valence-electron chi connectivity index (χ3n) is 4.21. The Morgan fingerprint density at radius 1 is 1.40 bits per heavy atom. The first-order valence-electron chi connectivity index (χ1n) is 8.03. The van der Waals surface area contributed by atoms with Crippen LogP contribution in [0.2, 0.25) is 0 Å². The summed E-state index contributed by atoms with van der Waals surface area (Å²) in [5.41, 5.74) is 0.526. The molecular formula is C19H20O6. The molecule has 0 aliphatic carbocycles. The van der Waals surface area contributed by atoms with Crippen molar-refractivity contribution >= 4 is 16.9 Å². The molecule has 2 atom stereocenters. The van der Waals surface area contributed by atoms with Crippen molar-refractivity contribution in [3.05, 3.63) is 51.9 Å². The number of benzene rings is 1. The summed E-state index contributed by atoms with van der Waals surface area (Å²) in [6.07, 6.45) is 1.31. The van der Waals surface area contributed by atoms with Crippen LogP contribution in [-0.4, -0.2) is 29.4 Å². The van der Waals surface area contributed by atoms with E-state index < -0.39 is 23.3 Å². The van der Waals surface area contributed by atoms with Crippen LogP contribution in [0.25, 0.3) is 11.0 Å². The summed E-state index contributed by atoms with van der Waals surface area (Å²) >= 11 is 0. The molecule has 1 aliphatic rings. The van der Waals surface area contributed by atoms with Gasteiger partial charge in [-0.3, -0.25) is 0 Å². The normalized spacial score (nSPS) is 18.2. The predicted molar refractivity (Wildman–Crippen MR) is 91.6 cm³/mol. The van der Waals surface area contributed by atoms with E-state index in [1.54, 1.807) is 32.9 Å². The molecule has 25 heavy (non-hydrogen) atoms. The first-order chi connectivity index (χ1) is 11.8. The topological polar surface area (TPSA) is 86.0 Å². The lowest BCUT2D eigenvalue weighted by Crippen LogP contribution is -2.49. The van der Waals surface area contributed by atoms with Crippen molar-refractivity contribution < 1.29 is 23.8 Å². The Balaban J connectivity index is 1.88. The van der Waals surface area contributed by atoms with E-state index >= 15 is 0 Å². The molecule has 0 radical (unpaired) electrons. The van der Waals surface area contributed by atoms with Gasteiger partial charge in [-0.25, -0.2) is 9.59 Å². The molecule has 1 aromatic carbocycles. The van der Waals surface area contributed by atoms with Crippen LogP contribution in [0.15, 0.2) is 45.1 Å². The van der Waals surface area contributed by atoms with Gasteiger partial charge < -0.3 is 19.0 Å². The maximum atomic E-state index is 12.0. The van der Waals surface area contributed by atoms with Gasteiger partial charge in [0.25, 0.3) is 0 Å². The Bertz CT molecular complexity index is 906. The van der Waals surface area contributed by atoms with Crippen molar-refractivity contribution in [2.24, 2.45) is 0 Å². The summed E-state index contributed by atoms with van der Waals surface area (Å²) in [6.45, 7) is 4.85. The minimum Gasteiger partial charge on any atom is -0.485 e. The number of allylic oxidation sites excluding steroid dienone is 1. The zero-order valence-electron chi connectivity index (χ0n) is 14.4. The van der Waals surface area contributed by atoms with Crippen molar-refractivity contribution in [1.29, 1.82) is 0 Å². The first kappa shape index (κ1) is 17.2. The number of aliphatic hydroxyl groups is 1. The van der Waals surface area contributed by atoms with E-state index in [1.165, 1.54) is 12.1 Å². The van der Waals surface area contributed by atoms with Crippen LogP contribution in [-0.2, 0) is 16.0 Å². The largest absolute Gasteiger partial charge is 0.485 e. The average molecular weight is 344 g/mol. The first-order valence-corrected chi connectivity index (χ1v) is 8.03. The Morgan fingerprint density at radius 3 is 2.84 bits per heavy atom. The van der Waals surface area contributed by atoms with Gasteiger partial charge in [-0.05, 0) is 38.5 Å². The molecule has 0 bridgehead atoms. The predicted octanol–water partition coefficient (Wildman–Crippen LogP) is 2.36. The third-order valence-corrected chi connectivity index (χ3v) is 4.21. The minimum atomic E-state index is -1.19. The molecule has 6 nitrogen and oxygen atoms in total. The molecule has 2 heterocycles. The molecule has 0 saturated carbocycles. The third kappa shape index (κ3) is 3.44. The fourth-order valence-corrected chi connectivity index (χ4v) is 2.84. The lowest BCUT2D eigenvalue weighted by Gasteiger charge is -2.32. The number of hydrogen-bond donors (Lipinski definition) is 1. The summed E-state index contributed by atoms with van der Waals surface area (Å²) in [5, 5.41) is 10.6. The fraction of sp³-hybridized carbons (Fsp3) is 0.368. The van der Waals surface area contributed by atoms with Crippen molar-refractivity contribution in [2.75, 3.05) is 6.61 Å². The van der Waals surface area contributed by atoms with Gasteiger partial charge in [0.1, 0.15) is 17.4 Å². The number of rotatable bonds is 4. The second kappa shape index (κ2) is 6.37. The van der Waals surface area contributed by atoms with Crippen molar-refractivity contribution in [3.8, 4) is 5.75 Å². The minimum absolute atomic E-state index is 0.372. The molecule has 0 amide bonds. The summed E-state index contributed by atoms with van der Waals surface area (Å²) in [7, 11) is 0. The second-order valence-electron chi connectivity index (χ2n) is 6.68. The van der Waals surface area contributed by atoms with Crippen LogP contribution in [0.3, 0.4) is 0 Å². The summed E-state index contributed by atoms with van der Waals surface area (Å²) in [5.74, 6) is 0.0389. The number of esters is 1.